The first kappa shape index (κ1) is 13.2. The van der Waals surface area contributed by atoms with Crippen LogP contribution in [0.3, 0.4) is 0 Å². The highest BCUT2D eigenvalue weighted by Crippen LogP contribution is 2.16. The van der Waals surface area contributed by atoms with Gasteiger partial charge in [-0.05, 0) is 38.2 Å². The summed E-state index contributed by atoms with van der Waals surface area (Å²) in [7, 11) is 0. The van der Waals surface area contributed by atoms with Crippen LogP contribution in [0.1, 0.15) is 18.2 Å². The normalized spacial score (nSPS) is 11.6. The molecule has 0 saturated carbocycles. The molecule has 1 heterocycles. The van der Waals surface area contributed by atoms with Crippen LogP contribution in [0.5, 0.6) is 5.75 Å². The van der Waals surface area contributed by atoms with Gasteiger partial charge < -0.3 is 5.11 Å². The highest BCUT2D eigenvalue weighted by atomic mass is 32.1. The first-order chi connectivity index (χ1) is 9.00. The third kappa shape index (κ3) is 2.60. The lowest BCUT2D eigenvalue weighted by atomic mass is 10.1. The summed E-state index contributed by atoms with van der Waals surface area (Å²) in [6.07, 6.45) is 0. The van der Waals surface area contributed by atoms with E-state index in [1.54, 1.807) is 38.1 Å². The van der Waals surface area contributed by atoms with Crippen molar-refractivity contribution in [3.63, 3.8) is 0 Å². The van der Waals surface area contributed by atoms with Crippen LogP contribution in [0.15, 0.2) is 34.2 Å². The molecular formula is C12H12N4O2S. The van der Waals surface area contributed by atoms with Crippen molar-refractivity contribution in [2.24, 2.45) is 5.10 Å². The van der Waals surface area contributed by atoms with Crippen LogP contribution in [0.4, 0.5) is 0 Å². The molecule has 2 N–H and O–H groups in total. The van der Waals surface area contributed by atoms with Gasteiger partial charge in [0.2, 0.25) is 4.77 Å². The van der Waals surface area contributed by atoms with Gasteiger partial charge in [0.25, 0.3) is 5.56 Å². The molecule has 98 valence electrons. The second-order valence-electron chi connectivity index (χ2n) is 3.93. The molecule has 0 unspecified atom stereocenters. The molecule has 0 radical (unpaired) electrons. The second kappa shape index (κ2) is 5.15. The van der Waals surface area contributed by atoms with Crippen molar-refractivity contribution < 1.29 is 5.11 Å². The van der Waals surface area contributed by atoms with Gasteiger partial charge in [-0.25, -0.2) is 0 Å². The van der Waals surface area contributed by atoms with Crippen molar-refractivity contribution in [1.82, 2.24) is 14.9 Å². The Hall–Kier alpha value is -2.28. The number of H-pyrrole nitrogens is 1. The molecule has 2 aromatic rings. The van der Waals surface area contributed by atoms with Gasteiger partial charge in [0, 0.05) is 5.56 Å². The monoisotopic (exact) mass is 276 g/mol. The van der Waals surface area contributed by atoms with Gasteiger partial charge in [-0.3, -0.25) is 9.89 Å². The summed E-state index contributed by atoms with van der Waals surface area (Å²) in [6, 6.07) is 6.74. The fourth-order valence-corrected chi connectivity index (χ4v) is 1.72. The minimum Gasteiger partial charge on any atom is -0.507 e. The molecule has 0 fully saturated rings. The van der Waals surface area contributed by atoms with Gasteiger partial charge in [-0.15, -0.1) is 0 Å². The van der Waals surface area contributed by atoms with Crippen LogP contribution < -0.4 is 5.56 Å². The van der Waals surface area contributed by atoms with E-state index in [0.29, 0.717) is 11.3 Å². The van der Waals surface area contributed by atoms with Crippen molar-refractivity contribution in [3.05, 3.63) is 50.6 Å². The SMILES string of the molecule is C/C(=N\n1c(=S)[nH]nc(C)c1=O)c1ccccc1O. The molecule has 1 aromatic heterocycles. The molecule has 1 aromatic carbocycles. The van der Waals surface area contributed by atoms with Crippen LogP contribution >= 0.6 is 12.2 Å². The van der Waals surface area contributed by atoms with Crippen LogP contribution in [0.2, 0.25) is 0 Å². The van der Waals surface area contributed by atoms with Crippen LogP contribution in [-0.2, 0) is 0 Å². The summed E-state index contributed by atoms with van der Waals surface area (Å²) in [5.41, 5.74) is 0.893. The van der Waals surface area contributed by atoms with Crippen molar-refractivity contribution >= 4 is 17.9 Å². The summed E-state index contributed by atoms with van der Waals surface area (Å²) in [5, 5.41) is 20.2. The van der Waals surface area contributed by atoms with E-state index in [2.05, 4.69) is 15.3 Å². The Kier molecular flexibility index (Phi) is 3.57. The lowest BCUT2D eigenvalue weighted by molar-refractivity contribution is 0.474. The van der Waals surface area contributed by atoms with E-state index in [9.17, 15) is 9.90 Å². The van der Waals surface area contributed by atoms with Crippen LogP contribution in [0.25, 0.3) is 0 Å². The number of phenolic OH excluding ortho intramolecular Hbond substituents is 1. The van der Waals surface area contributed by atoms with Gasteiger partial charge >= 0.3 is 0 Å². The fraction of sp³-hybridized carbons (Fsp3) is 0.167. The van der Waals surface area contributed by atoms with E-state index in [0.717, 1.165) is 4.68 Å². The van der Waals surface area contributed by atoms with Crippen LogP contribution in [-0.4, -0.2) is 25.7 Å². The molecular weight excluding hydrogens is 264 g/mol. The molecule has 0 bridgehead atoms. The average Bonchev–Trinajstić information content (AvgIpc) is 2.39. The van der Waals surface area contributed by atoms with Gasteiger partial charge in [-0.2, -0.15) is 14.9 Å². The lowest BCUT2D eigenvalue weighted by Gasteiger charge is -2.05. The molecule has 6 nitrogen and oxygen atoms in total. The number of benzene rings is 1. The Morgan fingerprint density at radius 2 is 2.16 bits per heavy atom. The average molecular weight is 276 g/mol. The molecule has 0 aliphatic rings. The van der Waals surface area contributed by atoms with E-state index in [1.807, 2.05) is 0 Å². The number of nitrogens with one attached hydrogen (secondary N) is 1. The summed E-state index contributed by atoms with van der Waals surface area (Å²) in [4.78, 5) is 11.9. The molecule has 0 saturated heterocycles. The predicted molar refractivity (Wildman–Crippen MR) is 74.1 cm³/mol. The van der Waals surface area contributed by atoms with Gasteiger partial charge in [0.05, 0.1) is 5.71 Å². The molecule has 0 amide bonds. The number of aromatic hydroxyl groups is 1. The summed E-state index contributed by atoms with van der Waals surface area (Å²) >= 11 is 4.98. The number of aromatic nitrogens is 3. The Bertz CT molecular complexity index is 761. The van der Waals surface area contributed by atoms with Crippen molar-refractivity contribution in [2.45, 2.75) is 13.8 Å². The maximum atomic E-state index is 11.9. The van der Waals surface area contributed by atoms with Crippen molar-refractivity contribution in [1.29, 1.82) is 0 Å². The standard InChI is InChI=1S/C12H12N4O2S/c1-7(9-5-3-4-6-10(9)17)15-16-11(18)8(2)13-14-12(16)19/h3-6,17H,1-2H3,(H,14,19)/b15-7+. The van der Waals surface area contributed by atoms with E-state index >= 15 is 0 Å². The summed E-state index contributed by atoms with van der Waals surface area (Å²) in [6.45, 7) is 3.25. The number of hydrogen-bond acceptors (Lipinski definition) is 5. The number of aromatic amines is 1. The zero-order valence-electron chi connectivity index (χ0n) is 10.4. The maximum Gasteiger partial charge on any atom is 0.296 e. The molecule has 19 heavy (non-hydrogen) atoms. The Balaban J connectivity index is 2.60. The van der Waals surface area contributed by atoms with E-state index in [-0.39, 0.29) is 16.2 Å². The zero-order chi connectivity index (χ0) is 14.0. The molecule has 2 rings (SSSR count). The van der Waals surface area contributed by atoms with Crippen LogP contribution in [0, 0.1) is 11.7 Å². The topological polar surface area (TPSA) is 83.3 Å². The number of phenols is 1. The number of hydrogen-bond donors (Lipinski definition) is 2. The summed E-state index contributed by atoms with van der Waals surface area (Å²) < 4.78 is 1.16. The number of rotatable bonds is 2. The summed E-state index contributed by atoms with van der Waals surface area (Å²) in [5.74, 6) is 0.0949. The number of aryl methyl sites for hydroxylation is 1. The fourth-order valence-electron chi connectivity index (χ4n) is 1.55. The lowest BCUT2D eigenvalue weighted by Crippen LogP contribution is -2.23. The predicted octanol–water partition coefficient (Wildman–Crippen LogP) is 1.59. The van der Waals surface area contributed by atoms with E-state index in [4.69, 9.17) is 12.2 Å². The molecule has 0 spiro atoms. The molecule has 0 aliphatic heterocycles. The first-order valence-corrected chi connectivity index (χ1v) is 5.94. The highest BCUT2D eigenvalue weighted by molar-refractivity contribution is 7.71. The van der Waals surface area contributed by atoms with Gasteiger partial charge in [-0.1, -0.05) is 12.1 Å². The smallest absolute Gasteiger partial charge is 0.296 e. The quantitative estimate of drug-likeness (QED) is 0.644. The second-order valence-corrected chi connectivity index (χ2v) is 4.32. The third-order valence-electron chi connectivity index (χ3n) is 2.56. The molecule has 0 atom stereocenters. The van der Waals surface area contributed by atoms with Crippen molar-refractivity contribution in [3.8, 4) is 5.75 Å². The zero-order valence-corrected chi connectivity index (χ0v) is 11.2. The van der Waals surface area contributed by atoms with E-state index in [1.165, 1.54) is 0 Å². The highest BCUT2D eigenvalue weighted by Gasteiger charge is 2.06. The third-order valence-corrected chi connectivity index (χ3v) is 2.82. The number of para-hydroxylation sites is 1. The van der Waals surface area contributed by atoms with Crippen molar-refractivity contribution in [2.75, 3.05) is 0 Å². The Morgan fingerprint density at radius 1 is 1.47 bits per heavy atom. The maximum absolute atomic E-state index is 11.9. The minimum atomic E-state index is -0.390. The Morgan fingerprint density at radius 3 is 2.84 bits per heavy atom. The molecule has 7 heteroatoms. The molecule has 0 aliphatic carbocycles. The van der Waals surface area contributed by atoms with Gasteiger partial charge in [0.1, 0.15) is 11.4 Å². The van der Waals surface area contributed by atoms with E-state index < -0.39 is 5.56 Å². The Labute approximate surface area is 114 Å². The van der Waals surface area contributed by atoms with Gasteiger partial charge in [0.15, 0.2) is 0 Å². The largest absolute Gasteiger partial charge is 0.507 e. The minimum absolute atomic E-state index is 0.0949. The first-order valence-electron chi connectivity index (χ1n) is 5.53. The number of nitrogens with zero attached hydrogens (tertiary/aromatic N) is 3.